The van der Waals surface area contributed by atoms with Crippen LogP contribution in [0.3, 0.4) is 0 Å². The van der Waals surface area contributed by atoms with Gasteiger partial charge in [-0.05, 0) is 75.0 Å². The number of carbonyl (C=O) groups is 2. The third-order valence-corrected chi connectivity index (χ3v) is 11.1. The zero-order chi connectivity index (χ0) is 32.4. The van der Waals surface area contributed by atoms with Gasteiger partial charge in [0.1, 0.15) is 11.0 Å². The SMILES string of the molecule is NCCCNC(=O)[C@H]1CC[C@H](C(F)(F)c2cc(Cl)nc(N3CCN(S(=O)(=O)c4ccc(N5C[C@H](N)CC5=O)cc4)CC3)c2)CC1. The second-order valence-electron chi connectivity index (χ2n) is 12.0. The third kappa shape index (κ3) is 7.40. The van der Waals surface area contributed by atoms with Crippen molar-refractivity contribution < 1.29 is 26.8 Å². The number of sulfonamides is 1. The summed E-state index contributed by atoms with van der Waals surface area (Å²) >= 11 is 6.23. The van der Waals surface area contributed by atoms with Crippen molar-refractivity contribution in [3.63, 3.8) is 0 Å². The number of pyridine rings is 1. The predicted molar refractivity (Wildman–Crippen MR) is 168 cm³/mol. The molecule has 2 aromatic rings. The Bertz CT molecular complexity index is 1480. The normalized spacial score (nSPS) is 23.4. The second-order valence-corrected chi connectivity index (χ2v) is 14.3. The van der Waals surface area contributed by atoms with Crippen molar-refractivity contribution in [3.05, 3.63) is 47.1 Å². The molecule has 15 heteroatoms. The van der Waals surface area contributed by atoms with Gasteiger partial charge >= 0.3 is 0 Å². The zero-order valence-electron chi connectivity index (χ0n) is 25.0. The van der Waals surface area contributed by atoms with Crippen LogP contribution in [0.1, 0.15) is 44.1 Å². The molecule has 45 heavy (non-hydrogen) atoms. The van der Waals surface area contributed by atoms with Gasteiger partial charge in [-0.2, -0.15) is 4.31 Å². The smallest absolute Gasteiger partial charge is 0.276 e. The van der Waals surface area contributed by atoms with Crippen molar-refractivity contribution in [2.45, 2.75) is 55.4 Å². The largest absolute Gasteiger partial charge is 0.356 e. The number of nitrogens with one attached hydrogen (secondary N) is 1. The quantitative estimate of drug-likeness (QED) is 0.258. The van der Waals surface area contributed by atoms with Crippen molar-refractivity contribution >= 4 is 44.9 Å². The number of benzene rings is 1. The van der Waals surface area contributed by atoms with Gasteiger partial charge in [-0.1, -0.05) is 11.6 Å². The van der Waals surface area contributed by atoms with Gasteiger partial charge in [0.05, 0.1) is 4.90 Å². The Balaban J connectivity index is 1.20. The molecule has 1 atom stereocenters. The number of nitrogens with zero attached hydrogens (tertiary/aromatic N) is 4. The van der Waals surface area contributed by atoms with Crippen molar-refractivity contribution in [2.75, 3.05) is 55.6 Å². The first-order valence-corrected chi connectivity index (χ1v) is 17.2. The van der Waals surface area contributed by atoms with Gasteiger partial charge in [0, 0.05) is 74.8 Å². The van der Waals surface area contributed by atoms with Crippen LogP contribution < -0.4 is 26.6 Å². The highest BCUT2D eigenvalue weighted by atomic mass is 35.5. The van der Waals surface area contributed by atoms with E-state index in [0.29, 0.717) is 44.6 Å². The summed E-state index contributed by atoms with van der Waals surface area (Å²) in [6.45, 7) is 2.06. The number of amides is 2. The number of alkyl halides is 2. The van der Waals surface area contributed by atoms with Crippen molar-refractivity contribution in [2.24, 2.45) is 23.3 Å². The number of hydrogen-bond acceptors (Lipinski definition) is 8. The van der Waals surface area contributed by atoms with Gasteiger partial charge in [-0.25, -0.2) is 22.2 Å². The molecule has 5 rings (SSSR count). The van der Waals surface area contributed by atoms with Crippen LogP contribution in [0.4, 0.5) is 20.3 Å². The summed E-state index contributed by atoms with van der Waals surface area (Å²) in [6.07, 6.45) is 2.09. The average Bonchev–Trinajstić information content (AvgIpc) is 3.38. The van der Waals surface area contributed by atoms with Gasteiger partial charge in [-0.15, -0.1) is 0 Å². The van der Waals surface area contributed by atoms with E-state index in [1.807, 2.05) is 0 Å². The molecule has 0 spiro atoms. The summed E-state index contributed by atoms with van der Waals surface area (Å²) in [4.78, 5) is 32.2. The zero-order valence-corrected chi connectivity index (χ0v) is 26.6. The summed E-state index contributed by atoms with van der Waals surface area (Å²) < 4.78 is 59.6. The molecule has 1 aliphatic carbocycles. The molecule has 2 aliphatic heterocycles. The van der Waals surface area contributed by atoms with Crippen LogP contribution in [0.15, 0.2) is 41.3 Å². The van der Waals surface area contributed by atoms with Crippen molar-refractivity contribution in [1.82, 2.24) is 14.6 Å². The Morgan fingerprint density at radius 2 is 1.73 bits per heavy atom. The van der Waals surface area contributed by atoms with E-state index < -0.39 is 21.9 Å². The summed E-state index contributed by atoms with van der Waals surface area (Å²) in [7, 11) is -3.83. The maximum absolute atomic E-state index is 15.8. The van der Waals surface area contributed by atoms with E-state index in [0.717, 1.165) is 0 Å². The molecule has 3 aliphatic rings. The lowest BCUT2D eigenvalue weighted by molar-refractivity contribution is -0.129. The maximum atomic E-state index is 15.8. The molecule has 1 aromatic heterocycles. The molecule has 1 aromatic carbocycles. The molecule has 3 heterocycles. The van der Waals surface area contributed by atoms with E-state index in [1.54, 1.807) is 21.9 Å². The summed E-state index contributed by atoms with van der Waals surface area (Å²) in [5.41, 5.74) is 11.7. The number of hydrogen-bond donors (Lipinski definition) is 3. The van der Waals surface area contributed by atoms with Crippen molar-refractivity contribution in [1.29, 1.82) is 0 Å². The van der Waals surface area contributed by atoms with Crippen LogP contribution in [0.2, 0.25) is 5.15 Å². The number of aromatic nitrogens is 1. The van der Waals surface area contributed by atoms with Gasteiger partial charge in [0.15, 0.2) is 0 Å². The van der Waals surface area contributed by atoms with Crippen LogP contribution in [-0.4, -0.2) is 81.4 Å². The van der Waals surface area contributed by atoms with Gasteiger partial charge in [-0.3, -0.25) is 9.59 Å². The molecule has 0 unspecified atom stereocenters. The number of anilines is 2. The predicted octanol–water partition coefficient (Wildman–Crippen LogP) is 2.67. The molecule has 11 nitrogen and oxygen atoms in total. The number of halogens is 3. The molecule has 0 radical (unpaired) electrons. The number of piperazine rings is 1. The molecule has 246 valence electrons. The first kappa shape index (κ1) is 33.5. The highest BCUT2D eigenvalue weighted by molar-refractivity contribution is 7.89. The summed E-state index contributed by atoms with van der Waals surface area (Å²) in [5.74, 6) is -4.35. The van der Waals surface area contributed by atoms with E-state index in [1.165, 1.54) is 28.6 Å². The van der Waals surface area contributed by atoms with Crippen LogP contribution in [0.25, 0.3) is 0 Å². The summed E-state index contributed by atoms with van der Waals surface area (Å²) in [5, 5.41) is 2.76. The monoisotopic (exact) mass is 667 g/mol. The Hall–Kier alpha value is -2.91. The Kier molecular flexibility index (Phi) is 10.3. The Morgan fingerprint density at radius 3 is 2.33 bits per heavy atom. The van der Waals surface area contributed by atoms with E-state index in [4.69, 9.17) is 23.1 Å². The molecule has 2 amide bonds. The topological polar surface area (TPSA) is 155 Å². The lowest BCUT2D eigenvalue weighted by Crippen LogP contribution is -2.49. The minimum absolute atomic E-state index is 0.0669. The van der Waals surface area contributed by atoms with Gasteiger partial charge in [0.25, 0.3) is 5.92 Å². The van der Waals surface area contributed by atoms with Crippen LogP contribution in [-0.2, 0) is 25.5 Å². The van der Waals surface area contributed by atoms with Crippen LogP contribution in [0, 0.1) is 11.8 Å². The highest BCUT2D eigenvalue weighted by Gasteiger charge is 2.44. The molecular formula is C30H40ClF2N7O4S. The number of rotatable bonds is 10. The van der Waals surface area contributed by atoms with E-state index in [9.17, 15) is 18.0 Å². The highest BCUT2D eigenvalue weighted by Crippen LogP contribution is 2.46. The fraction of sp³-hybridized carbons (Fsp3) is 0.567. The van der Waals surface area contributed by atoms with E-state index in [2.05, 4.69) is 10.3 Å². The minimum Gasteiger partial charge on any atom is -0.356 e. The average molecular weight is 668 g/mol. The molecule has 0 bridgehead atoms. The maximum Gasteiger partial charge on any atom is 0.276 e. The van der Waals surface area contributed by atoms with Crippen molar-refractivity contribution in [3.8, 4) is 0 Å². The standard InChI is InChI=1S/C30H40ClF2N7O4S/c31-26-16-22(30(32,33)21-4-2-20(3-5-21)29(42)36-11-1-10-34)17-27(37-26)38-12-14-39(15-13-38)45(43,44)25-8-6-24(7-9-25)40-19-23(35)18-28(40)41/h6-9,16-17,20-21,23H,1-5,10-15,18-19,34-35H2,(H,36,42)/t20-,21-,23-/m1/s1. The molecular weight excluding hydrogens is 628 g/mol. The fourth-order valence-corrected chi connectivity index (χ4v) is 7.97. The van der Waals surface area contributed by atoms with Crippen LogP contribution >= 0.6 is 11.6 Å². The Labute approximate surface area is 267 Å². The number of carbonyl (C=O) groups excluding carboxylic acids is 2. The van der Waals surface area contributed by atoms with Gasteiger partial charge in [0.2, 0.25) is 21.8 Å². The molecule has 3 fully saturated rings. The second kappa shape index (κ2) is 13.8. The fourth-order valence-electron chi connectivity index (χ4n) is 6.34. The van der Waals surface area contributed by atoms with E-state index >= 15 is 8.78 Å². The number of nitrogens with two attached hydrogens (primary N) is 2. The molecule has 5 N–H and O–H groups in total. The first-order chi connectivity index (χ1) is 21.4. The molecule has 1 saturated carbocycles. The lowest BCUT2D eigenvalue weighted by Gasteiger charge is -2.36. The van der Waals surface area contributed by atoms with E-state index in [-0.39, 0.29) is 90.6 Å². The lowest BCUT2D eigenvalue weighted by atomic mass is 9.77. The van der Waals surface area contributed by atoms with Gasteiger partial charge < -0.3 is 26.6 Å². The Morgan fingerprint density at radius 1 is 1.07 bits per heavy atom. The first-order valence-electron chi connectivity index (χ1n) is 15.3. The third-order valence-electron chi connectivity index (χ3n) is 8.96. The van der Waals surface area contributed by atoms with Crippen LogP contribution in [0.5, 0.6) is 0 Å². The minimum atomic E-state index is -3.83. The molecule has 2 saturated heterocycles. The summed E-state index contributed by atoms with van der Waals surface area (Å²) in [6, 6.07) is 8.42.